The van der Waals surface area contributed by atoms with Crippen LogP contribution in [0.1, 0.15) is 11.9 Å². The predicted molar refractivity (Wildman–Crippen MR) is 62.9 cm³/mol. The van der Waals surface area contributed by atoms with E-state index in [0.29, 0.717) is 0 Å². The summed E-state index contributed by atoms with van der Waals surface area (Å²) >= 11 is 0. The number of aliphatic hydroxyl groups is 3. The molecule has 0 aliphatic carbocycles. The summed E-state index contributed by atoms with van der Waals surface area (Å²) in [5.41, 5.74) is 0.828. The second-order valence-corrected chi connectivity index (χ2v) is 4.72. The van der Waals surface area contributed by atoms with E-state index in [1.807, 2.05) is 30.3 Å². The summed E-state index contributed by atoms with van der Waals surface area (Å²) in [6, 6.07) is 9.31. The van der Waals surface area contributed by atoms with Crippen LogP contribution in [0, 0.1) is 0 Å². The Balaban J connectivity index is 1.75. The Kier molecular flexibility index (Phi) is 3.53. The van der Waals surface area contributed by atoms with Gasteiger partial charge in [0, 0.05) is 5.56 Å². The first-order valence-corrected chi connectivity index (χ1v) is 6.18. The molecule has 2 aliphatic heterocycles. The summed E-state index contributed by atoms with van der Waals surface area (Å²) in [6.07, 6.45) is -5.93. The molecule has 2 aliphatic rings. The lowest BCUT2D eigenvalue weighted by atomic mass is 9.98. The van der Waals surface area contributed by atoms with Crippen LogP contribution in [0.15, 0.2) is 30.3 Å². The summed E-state index contributed by atoms with van der Waals surface area (Å²) in [5, 5.41) is 29.0. The minimum absolute atomic E-state index is 0.186. The molecule has 1 aromatic carbocycles. The number of aliphatic hydroxyl groups excluding tert-OH is 3. The molecule has 3 N–H and O–H groups in total. The quantitative estimate of drug-likeness (QED) is 0.639. The second kappa shape index (κ2) is 5.16. The zero-order valence-electron chi connectivity index (χ0n) is 10.1. The molecule has 0 spiro atoms. The third-order valence-corrected chi connectivity index (χ3v) is 3.42. The van der Waals surface area contributed by atoms with Gasteiger partial charge in [-0.05, 0) is 0 Å². The predicted octanol–water partition coefficient (Wildman–Crippen LogP) is -0.460. The van der Waals surface area contributed by atoms with E-state index in [2.05, 4.69) is 0 Å². The summed E-state index contributed by atoms with van der Waals surface area (Å²) in [6.45, 7) is 0.186. The van der Waals surface area contributed by atoms with Crippen LogP contribution in [0.25, 0.3) is 0 Å². The fraction of sp³-hybridized carbons (Fsp3) is 0.538. The number of ether oxygens (including phenoxy) is 3. The molecule has 6 nitrogen and oxygen atoms in total. The molecule has 0 saturated carbocycles. The highest BCUT2D eigenvalue weighted by Crippen LogP contribution is 2.33. The first kappa shape index (κ1) is 13.0. The van der Waals surface area contributed by atoms with Crippen molar-refractivity contribution in [1.29, 1.82) is 0 Å². The maximum absolute atomic E-state index is 9.94. The maximum atomic E-state index is 9.94. The van der Waals surface area contributed by atoms with Crippen molar-refractivity contribution in [1.82, 2.24) is 0 Å². The standard InChI is InChI=1S/C13H16O6/c14-9-10(15)12(16)18-8-6-17-13(19-11(8)9)7-4-2-1-3-5-7/h1-5,8-16H,6H2/t8-,9-,10-,11+,12-,13+/m1/s1. The molecule has 3 rings (SSSR count). The van der Waals surface area contributed by atoms with Crippen molar-refractivity contribution in [3.63, 3.8) is 0 Å². The van der Waals surface area contributed by atoms with Crippen molar-refractivity contribution in [2.45, 2.75) is 37.0 Å². The molecule has 2 heterocycles. The third kappa shape index (κ3) is 2.38. The van der Waals surface area contributed by atoms with Gasteiger partial charge in [0.2, 0.25) is 0 Å². The molecule has 0 amide bonds. The van der Waals surface area contributed by atoms with E-state index in [9.17, 15) is 15.3 Å². The molecule has 1 aromatic rings. The van der Waals surface area contributed by atoms with Gasteiger partial charge in [0.25, 0.3) is 0 Å². The lowest BCUT2D eigenvalue weighted by Gasteiger charge is -2.45. The fourth-order valence-corrected chi connectivity index (χ4v) is 2.37. The van der Waals surface area contributed by atoms with Gasteiger partial charge in [0.15, 0.2) is 12.6 Å². The van der Waals surface area contributed by atoms with Crippen molar-refractivity contribution in [3.05, 3.63) is 35.9 Å². The zero-order chi connectivity index (χ0) is 13.4. The van der Waals surface area contributed by atoms with Crippen LogP contribution in [0.5, 0.6) is 0 Å². The Labute approximate surface area is 110 Å². The molecule has 6 atom stereocenters. The van der Waals surface area contributed by atoms with Crippen molar-refractivity contribution in [3.8, 4) is 0 Å². The lowest BCUT2D eigenvalue weighted by Crippen LogP contribution is -2.61. The number of hydrogen-bond donors (Lipinski definition) is 3. The minimum Gasteiger partial charge on any atom is -0.387 e. The fourth-order valence-electron chi connectivity index (χ4n) is 2.37. The van der Waals surface area contributed by atoms with E-state index < -0.39 is 37.0 Å². The Hall–Kier alpha value is -1.02. The average Bonchev–Trinajstić information content (AvgIpc) is 2.46. The number of hydrogen-bond acceptors (Lipinski definition) is 6. The summed E-state index contributed by atoms with van der Waals surface area (Å²) in [4.78, 5) is 0. The molecular weight excluding hydrogens is 252 g/mol. The van der Waals surface area contributed by atoms with E-state index in [0.717, 1.165) is 5.56 Å². The molecule has 2 saturated heterocycles. The van der Waals surface area contributed by atoms with Gasteiger partial charge in [-0.15, -0.1) is 0 Å². The van der Waals surface area contributed by atoms with E-state index in [1.54, 1.807) is 0 Å². The molecule has 0 bridgehead atoms. The summed E-state index contributed by atoms with van der Waals surface area (Å²) in [7, 11) is 0. The van der Waals surface area contributed by atoms with Gasteiger partial charge in [0.1, 0.15) is 24.4 Å². The molecule has 104 valence electrons. The molecule has 0 radical (unpaired) electrons. The normalized spacial score (nSPS) is 42.7. The SMILES string of the molecule is O[C@@H]1[C@@H](O)[C@H](O)O[C@@H]2CO[C@H](c3ccccc3)O[C@H]12. The highest BCUT2D eigenvalue weighted by Gasteiger charge is 2.48. The molecule has 0 aromatic heterocycles. The van der Waals surface area contributed by atoms with Crippen molar-refractivity contribution >= 4 is 0 Å². The summed E-state index contributed by atoms with van der Waals surface area (Å²) < 4.78 is 16.3. The van der Waals surface area contributed by atoms with Gasteiger partial charge < -0.3 is 29.5 Å². The van der Waals surface area contributed by atoms with Gasteiger partial charge in [-0.3, -0.25) is 0 Å². The van der Waals surface area contributed by atoms with E-state index in [-0.39, 0.29) is 6.61 Å². The van der Waals surface area contributed by atoms with Crippen molar-refractivity contribution in [2.75, 3.05) is 6.61 Å². The van der Waals surface area contributed by atoms with Crippen LogP contribution in [0.2, 0.25) is 0 Å². The van der Waals surface area contributed by atoms with Crippen LogP contribution in [0.3, 0.4) is 0 Å². The van der Waals surface area contributed by atoms with Crippen molar-refractivity contribution < 1.29 is 29.5 Å². The maximum Gasteiger partial charge on any atom is 0.184 e. The number of benzene rings is 1. The first-order chi connectivity index (χ1) is 9.16. The average molecular weight is 268 g/mol. The Morgan fingerprint density at radius 1 is 0.947 bits per heavy atom. The van der Waals surface area contributed by atoms with E-state index in [4.69, 9.17) is 14.2 Å². The van der Waals surface area contributed by atoms with Gasteiger partial charge in [-0.25, -0.2) is 0 Å². The first-order valence-electron chi connectivity index (χ1n) is 6.18. The van der Waals surface area contributed by atoms with Gasteiger partial charge in [0.05, 0.1) is 6.61 Å². The minimum atomic E-state index is -1.42. The second-order valence-electron chi connectivity index (χ2n) is 4.72. The van der Waals surface area contributed by atoms with Crippen LogP contribution in [0.4, 0.5) is 0 Å². The Morgan fingerprint density at radius 2 is 1.68 bits per heavy atom. The number of rotatable bonds is 1. The molecule has 2 fully saturated rings. The Morgan fingerprint density at radius 3 is 2.42 bits per heavy atom. The molecule has 19 heavy (non-hydrogen) atoms. The third-order valence-electron chi connectivity index (χ3n) is 3.42. The summed E-state index contributed by atoms with van der Waals surface area (Å²) in [5.74, 6) is 0. The topological polar surface area (TPSA) is 88.4 Å². The zero-order valence-corrected chi connectivity index (χ0v) is 10.1. The van der Waals surface area contributed by atoms with Crippen LogP contribution in [-0.4, -0.2) is 52.6 Å². The molecule has 0 unspecified atom stereocenters. The van der Waals surface area contributed by atoms with Gasteiger partial charge in [-0.1, -0.05) is 30.3 Å². The molecular formula is C13H16O6. The highest BCUT2D eigenvalue weighted by molar-refractivity contribution is 5.16. The smallest absolute Gasteiger partial charge is 0.184 e. The Bertz CT molecular complexity index is 422. The number of fused-ring (bicyclic) bond motifs is 1. The lowest BCUT2D eigenvalue weighted by molar-refractivity contribution is -0.354. The van der Waals surface area contributed by atoms with Crippen LogP contribution < -0.4 is 0 Å². The van der Waals surface area contributed by atoms with Gasteiger partial charge >= 0.3 is 0 Å². The van der Waals surface area contributed by atoms with E-state index >= 15 is 0 Å². The van der Waals surface area contributed by atoms with Gasteiger partial charge in [-0.2, -0.15) is 0 Å². The largest absolute Gasteiger partial charge is 0.387 e. The highest BCUT2D eigenvalue weighted by atomic mass is 16.7. The van der Waals surface area contributed by atoms with Crippen LogP contribution in [-0.2, 0) is 14.2 Å². The monoisotopic (exact) mass is 268 g/mol. The molecule has 6 heteroatoms. The van der Waals surface area contributed by atoms with Crippen molar-refractivity contribution in [2.24, 2.45) is 0 Å². The van der Waals surface area contributed by atoms with E-state index in [1.165, 1.54) is 0 Å². The van der Waals surface area contributed by atoms with Crippen LogP contribution >= 0.6 is 0 Å².